The Hall–Kier alpha value is -6.97. The minimum atomic E-state index is 0.825. The summed E-state index contributed by atoms with van der Waals surface area (Å²) in [5, 5.41) is 12.5. The minimum Gasteiger partial charge on any atom is -0.309 e. The highest BCUT2D eigenvalue weighted by Gasteiger charge is 2.24. The monoisotopic (exact) mass is 687 g/mol. The molecule has 1 aliphatic rings. The van der Waals surface area contributed by atoms with E-state index in [1.807, 2.05) is 0 Å². The maximum atomic E-state index is 5.48. The molecule has 0 radical (unpaired) electrons. The summed E-state index contributed by atoms with van der Waals surface area (Å²) in [7, 11) is 0. The van der Waals surface area contributed by atoms with Crippen LogP contribution in [0.4, 0.5) is 0 Å². The number of allylic oxidation sites excluding steroid dienone is 1. The van der Waals surface area contributed by atoms with Gasteiger partial charge in [-0.3, -0.25) is 0 Å². The largest absolute Gasteiger partial charge is 0.309 e. The van der Waals surface area contributed by atoms with Crippen molar-refractivity contribution in [2.45, 2.75) is 13.3 Å². The van der Waals surface area contributed by atoms with E-state index in [4.69, 9.17) is 4.99 Å². The highest BCUT2D eigenvalue weighted by atomic mass is 15.0. The normalized spacial score (nSPS) is 13.6. The lowest BCUT2D eigenvalue weighted by Gasteiger charge is -2.16. The van der Waals surface area contributed by atoms with Crippen LogP contribution in [-0.2, 0) is 0 Å². The third kappa shape index (κ3) is 3.98. The Morgan fingerprint density at radius 3 is 1.93 bits per heavy atom. The van der Waals surface area contributed by atoms with Crippen molar-refractivity contribution in [2.75, 3.05) is 0 Å². The molecule has 3 aromatic heterocycles. The van der Waals surface area contributed by atoms with Crippen molar-refractivity contribution in [3.8, 4) is 5.69 Å². The Bertz CT molecular complexity index is 3520. The predicted octanol–water partition coefficient (Wildman–Crippen LogP) is 11.8. The molecule has 0 saturated carbocycles. The molecule has 12 rings (SSSR count). The standard InChI is InChI=1S/C51H33N3/c1-31-29-41(37-20-12-14-32-13-2-3-16-36(32)37)49(52-44-21-8-4-15-35(31)44)33-25-27-34(28-26-33)53-45-22-9-5-17-38(45)42-30-43-39-18-6-10-23-46(39)54-47-24-11-7-19-40(47)48(50(42)53)51(43)54/h2-28,30H,29H2,1H3. The molecule has 0 unspecified atom stereocenters. The van der Waals surface area contributed by atoms with Crippen molar-refractivity contribution >= 4 is 87.5 Å². The molecule has 54 heavy (non-hydrogen) atoms. The summed E-state index contributed by atoms with van der Waals surface area (Å²) in [6, 6.07) is 62.2. The number of para-hydroxylation sites is 4. The van der Waals surface area contributed by atoms with E-state index in [1.54, 1.807) is 0 Å². The molecule has 252 valence electrons. The van der Waals surface area contributed by atoms with E-state index >= 15 is 0 Å². The van der Waals surface area contributed by atoms with Crippen LogP contribution >= 0.6 is 0 Å². The number of rotatable bonds is 3. The molecule has 3 heteroatoms. The SMILES string of the molecule is CC1=c2ccccc2=NC(c2ccc(-n3c4ccccc4c4cc5c6ccccc6n6c7ccccc7c(c43)c56)cc2)=C(c2cccc3ccccc23)C1. The van der Waals surface area contributed by atoms with Gasteiger partial charge in [-0.25, -0.2) is 4.99 Å². The Morgan fingerprint density at radius 1 is 0.500 bits per heavy atom. The zero-order chi connectivity index (χ0) is 35.5. The van der Waals surface area contributed by atoms with Crippen molar-refractivity contribution < 1.29 is 0 Å². The van der Waals surface area contributed by atoms with Gasteiger partial charge in [-0.15, -0.1) is 0 Å². The van der Waals surface area contributed by atoms with Gasteiger partial charge in [0, 0.05) is 43.6 Å². The van der Waals surface area contributed by atoms with Crippen molar-refractivity contribution in [1.29, 1.82) is 0 Å². The van der Waals surface area contributed by atoms with Crippen LogP contribution in [0.3, 0.4) is 0 Å². The first-order valence-electron chi connectivity index (χ1n) is 18.8. The van der Waals surface area contributed by atoms with Gasteiger partial charge in [0.2, 0.25) is 0 Å². The fourth-order valence-corrected chi connectivity index (χ4v) is 9.51. The lowest BCUT2D eigenvalue weighted by molar-refractivity contribution is 1.18. The average molecular weight is 688 g/mol. The Kier molecular flexibility index (Phi) is 6.04. The van der Waals surface area contributed by atoms with Crippen LogP contribution in [0.15, 0.2) is 175 Å². The van der Waals surface area contributed by atoms with Crippen LogP contribution in [0.5, 0.6) is 0 Å². The fraction of sp³-hybridized carbons (Fsp3) is 0.0392. The van der Waals surface area contributed by atoms with Crippen LogP contribution in [-0.4, -0.2) is 8.97 Å². The number of fused-ring (bicyclic) bond motifs is 12. The van der Waals surface area contributed by atoms with Gasteiger partial charge in [-0.1, -0.05) is 133 Å². The van der Waals surface area contributed by atoms with Crippen LogP contribution in [0.25, 0.3) is 93.2 Å². The van der Waals surface area contributed by atoms with E-state index < -0.39 is 0 Å². The highest BCUT2D eigenvalue weighted by Crippen LogP contribution is 2.46. The summed E-state index contributed by atoms with van der Waals surface area (Å²) < 4.78 is 4.97. The zero-order valence-corrected chi connectivity index (χ0v) is 29.7. The molecule has 0 atom stereocenters. The van der Waals surface area contributed by atoms with Gasteiger partial charge in [-0.2, -0.15) is 0 Å². The van der Waals surface area contributed by atoms with Gasteiger partial charge in [0.05, 0.1) is 38.6 Å². The second-order valence-corrected chi connectivity index (χ2v) is 14.8. The smallest absolute Gasteiger partial charge is 0.0750 e. The molecule has 0 fully saturated rings. The molecule has 0 aliphatic carbocycles. The number of hydrogen-bond donors (Lipinski definition) is 0. The average Bonchev–Trinajstić information content (AvgIpc) is 3.83. The summed E-state index contributed by atoms with van der Waals surface area (Å²) in [5.74, 6) is 0. The predicted molar refractivity (Wildman–Crippen MR) is 227 cm³/mol. The molecule has 1 aliphatic heterocycles. The second-order valence-electron chi connectivity index (χ2n) is 14.8. The number of aromatic nitrogens is 2. The van der Waals surface area contributed by atoms with Gasteiger partial charge < -0.3 is 8.97 Å². The lowest BCUT2D eigenvalue weighted by Crippen LogP contribution is -2.25. The van der Waals surface area contributed by atoms with Crippen LogP contribution in [0.2, 0.25) is 0 Å². The maximum absolute atomic E-state index is 5.48. The number of benzene rings is 8. The van der Waals surface area contributed by atoms with Gasteiger partial charge in [0.1, 0.15) is 0 Å². The third-order valence-electron chi connectivity index (χ3n) is 11.8. The molecule has 0 N–H and O–H groups in total. The lowest BCUT2D eigenvalue weighted by atomic mass is 9.90. The molecule has 0 spiro atoms. The molecule has 0 bridgehead atoms. The first kappa shape index (κ1) is 29.6. The van der Waals surface area contributed by atoms with E-state index in [0.717, 1.165) is 28.7 Å². The van der Waals surface area contributed by atoms with Crippen molar-refractivity contribution in [2.24, 2.45) is 4.99 Å². The van der Waals surface area contributed by atoms with E-state index in [1.165, 1.54) is 92.6 Å². The quantitative estimate of drug-likeness (QED) is 0.176. The molecular weight excluding hydrogens is 655 g/mol. The van der Waals surface area contributed by atoms with Gasteiger partial charge in [0.25, 0.3) is 0 Å². The van der Waals surface area contributed by atoms with Crippen LogP contribution < -0.4 is 10.6 Å². The number of hydrogen-bond acceptors (Lipinski definition) is 1. The molecule has 8 aromatic carbocycles. The molecule has 0 saturated heterocycles. The fourth-order valence-electron chi connectivity index (χ4n) is 9.51. The topological polar surface area (TPSA) is 21.7 Å². The summed E-state index contributed by atoms with van der Waals surface area (Å²) in [6.45, 7) is 2.26. The van der Waals surface area contributed by atoms with E-state index in [2.05, 4.69) is 186 Å². The second kappa shape index (κ2) is 11.0. The Balaban J connectivity index is 1.15. The molecule has 0 amide bonds. The van der Waals surface area contributed by atoms with Crippen molar-refractivity contribution in [3.05, 3.63) is 192 Å². The minimum absolute atomic E-state index is 0.825. The maximum Gasteiger partial charge on any atom is 0.0750 e. The van der Waals surface area contributed by atoms with Gasteiger partial charge in [0.15, 0.2) is 0 Å². The molecule has 4 heterocycles. The van der Waals surface area contributed by atoms with E-state index in [9.17, 15) is 0 Å². The summed E-state index contributed by atoms with van der Waals surface area (Å²) in [6.07, 6.45) is 0.825. The zero-order valence-electron chi connectivity index (χ0n) is 29.7. The summed E-state index contributed by atoms with van der Waals surface area (Å²) >= 11 is 0. The number of nitrogens with zero attached hydrogens (tertiary/aromatic N) is 3. The molecular formula is C51H33N3. The summed E-state index contributed by atoms with van der Waals surface area (Å²) in [4.78, 5) is 5.48. The third-order valence-corrected chi connectivity index (χ3v) is 11.8. The first-order chi connectivity index (χ1) is 26.7. The van der Waals surface area contributed by atoms with E-state index in [0.29, 0.717) is 0 Å². The Labute approximate surface area is 311 Å². The van der Waals surface area contributed by atoms with E-state index in [-0.39, 0.29) is 0 Å². The van der Waals surface area contributed by atoms with Crippen LogP contribution in [0, 0.1) is 0 Å². The molecule has 11 aromatic rings. The van der Waals surface area contributed by atoms with Crippen LogP contribution in [0.1, 0.15) is 24.5 Å². The Morgan fingerprint density at radius 2 is 1.11 bits per heavy atom. The first-order valence-corrected chi connectivity index (χ1v) is 18.8. The van der Waals surface area contributed by atoms with Gasteiger partial charge >= 0.3 is 0 Å². The molecule has 3 nitrogen and oxygen atoms in total. The van der Waals surface area contributed by atoms with Gasteiger partial charge in [-0.05, 0) is 82.9 Å². The van der Waals surface area contributed by atoms with Crippen molar-refractivity contribution in [3.63, 3.8) is 0 Å². The van der Waals surface area contributed by atoms with Crippen molar-refractivity contribution in [1.82, 2.24) is 8.97 Å². The summed E-state index contributed by atoms with van der Waals surface area (Å²) in [5.41, 5.74) is 13.4. The highest BCUT2D eigenvalue weighted by molar-refractivity contribution is 6.34.